The Morgan fingerprint density at radius 1 is 1.26 bits per heavy atom. The molecule has 170 valence electrons. The summed E-state index contributed by atoms with van der Waals surface area (Å²) in [5, 5.41) is 5.86. The van der Waals surface area contributed by atoms with Gasteiger partial charge in [-0.1, -0.05) is 28.9 Å². The van der Waals surface area contributed by atoms with E-state index in [1.54, 1.807) is 12.1 Å². The number of rotatable bonds is 6. The van der Waals surface area contributed by atoms with Crippen molar-refractivity contribution in [3.05, 3.63) is 29.3 Å². The molecule has 31 heavy (non-hydrogen) atoms. The van der Waals surface area contributed by atoms with E-state index in [-0.39, 0.29) is 35.3 Å². The molecule has 0 bridgehead atoms. The molecule has 0 aromatic heterocycles. The van der Waals surface area contributed by atoms with Crippen LogP contribution in [0.5, 0.6) is 5.75 Å². The number of carbonyl (C=O) groups is 2. The van der Waals surface area contributed by atoms with Gasteiger partial charge in [0.1, 0.15) is 5.75 Å². The SMILES string of the molecule is C[C@]12CCC3c4ccc(OS(N)(=O)=O)cc4CCC3C1CC(=O)N(CCCCBr)C2=O. The van der Waals surface area contributed by atoms with Crippen molar-refractivity contribution in [2.75, 3.05) is 11.9 Å². The number of likely N-dealkylation sites (tertiary alicyclic amines) is 1. The van der Waals surface area contributed by atoms with Crippen molar-refractivity contribution in [2.45, 2.75) is 57.8 Å². The molecule has 3 aliphatic rings. The molecule has 1 aromatic rings. The molecule has 3 unspecified atom stereocenters. The summed E-state index contributed by atoms with van der Waals surface area (Å²) < 4.78 is 27.3. The second-order valence-electron chi connectivity index (χ2n) is 9.26. The lowest BCUT2D eigenvalue weighted by atomic mass is 9.52. The number of amides is 2. The van der Waals surface area contributed by atoms with E-state index in [0.29, 0.717) is 13.0 Å². The van der Waals surface area contributed by atoms with Gasteiger partial charge in [0.15, 0.2) is 0 Å². The number of nitrogens with zero attached hydrogens (tertiary/aromatic N) is 1. The highest BCUT2D eigenvalue weighted by molar-refractivity contribution is 9.09. The molecule has 2 fully saturated rings. The summed E-state index contributed by atoms with van der Waals surface area (Å²) in [6.07, 6.45) is 5.48. The molecular formula is C22H29BrN2O5S. The third-order valence-corrected chi connectivity index (χ3v) is 8.48. The standard InChI is InChI=1S/C22H29BrN2O5S/c1-22-9-8-17-16-7-5-15(30-31(24,28)29)12-14(16)4-6-18(17)19(22)13-20(26)25(21(22)27)11-3-2-10-23/h5,7,12,17-19H,2-4,6,8-11,13H2,1H3,(H2,24,28,29)/t17?,18?,19?,22-/m0/s1. The smallest absolute Gasteiger partial charge is 0.371 e. The third-order valence-electron chi connectivity index (χ3n) is 7.49. The fourth-order valence-electron chi connectivity index (χ4n) is 6.02. The average molecular weight is 513 g/mol. The zero-order valence-corrected chi connectivity index (χ0v) is 20.1. The maximum Gasteiger partial charge on any atom is 0.380 e. The number of carbonyl (C=O) groups excluding carboxylic acids is 2. The number of alkyl halides is 1. The van der Waals surface area contributed by atoms with Crippen LogP contribution in [0.3, 0.4) is 0 Å². The molecule has 1 heterocycles. The van der Waals surface area contributed by atoms with Gasteiger partial charge < -0.3 is 4.18 Å². The number of piperidine rings is 1. The van der Waals surface area contributed by atoms with Crippen LogP contribution in [-0.2, 0) is 26.3 Å². The summed E-state index contributed by atoms with van der Waals surface area (Å²) in [5.74, 6) is 0.782. The van der Waals surface area contributed by atoms with E-state index in [1.807, 2.05) is 6.07 Å². The molecular weight excluding hydrogens is 484 g/mol. The van der Waals surface area contributed by atoms with Crippen LogP contribution in [0.25, 0.3) is 0 Å². The van der Waals surface area contributed by atoms with E-state index < -0.39 is 15.7 Å². The predicted octanol–water partition coefficient (Wildman–Crippen LogP) is 3.27. The molecule has 0 radical (unpaired) electrons. The lowest BCUT2D eigenvalue weighted by Crippen LogP contribution is -2.59. The molecule has 4 atom stereocenters. The van der Waals surface area contributed by atoms with E-state index in [4.69, 9.17) is 9.32 Å². The van der Waals surface area contributed by atoms with Crippen molar-refractivity contribution in [3.8, 4) is 5.75 Å². The lowest BCUT2D eigenvalue weighted by Gasteiger charge is -2.54. The maximum atomic E-state index is 13.4. The van der Waals surface area contributed by atoms with Crippen molar-refractivity contribution < 1.29 is 22.2 Å². The molecule has 2 amide bonds. The second kappa shape index (κ2) is 8.48. The summed E-state index contributed by atoms with van der Waals surface area (Å²) in [6, 6.07) is 5.32. The van der Waals surface area contributed by atoms with Gasteiger partial charge in [0.2, 0.25) is 11.8 Å². The minimum Gasteiger partial charge on any atom is -0.371 e. The first-order valence-electron chi connectivity index (χ1n) is 10.9. The van der Waals surface area contributed by atoms with Crippen molar-refractivity contribution in [3.63, 3.8) is 0 Å². The lowest BCUT2D eigenvalue weighted by molar-refractivity contribution is -0.167. The van der Waals surface area contributed by atoms with Gasteiger partial charge in [-0.05, 0) is 79.5 Å². The number of fused-ring (bicyclic) bond motifs is 5. The minimum absolute atomic E-state index is 0.00414. The number of halogens is 1. The summed E-state index contributed by atoms with van der Waals surface area (Å²) in [6.45, 7) is 2.56. The molecule has 1 aromatic carbocycles. The number of hydrogen-bond donors (Lipinski definition) is 1. The Morgan fingerprint density at radius 3 is 2.74 bits per heavy atom. The number of benzene rings is 1. The molecule has 1 saturated heterocycles. The topological polar surface area (TPSA) is 107 Å². The van der Waals surface area contributed by atoms with Crippen LogP contribution in [0.2, 0.25) is 0 Å². The van der Waals surface area contributed by atoms with Crippen LogP contribution in [0.15, 0.2) is 18.2 Å². The molecule has 7 nitrogen and oxygen atoms in total. The molecule has 0 spiro atoms. The third kappa shape index (κ3) is 4.28. The summed E-state index contributed by atoms with van der Waals surface area (Å²) in [7, 11) is -4.06. The largest absolute Gasteiger partial charge is 0.380 e. The van der Waals surface area contributed by atoms with Crippen molar-refractivity contribution in [1.82, 2.24) is 4.90 Å². The van der Waals surface area contributed by atoms with Gasteiger partial charge >= 0.3 is 10.3 Å². The second-order valence-corrected chi connectivity index (χ2v) is 11.2. The number of unbranched alkanes of at least 4 members (excludes halogenated alkanes) is 1. The Labute approximate surface area is 192 Å². The van der Waals surface area contributed by atoms with Crippen molar-refractivity contribution in [1.29, 1.82) is 0 Å². The molecule has 4 rings (SSSR count). The van der Waals surface area contributed by atoms with Gasteiger partial charge in [0, 0.05) is 18.3 Å². The first-order valence-corrected chi connectivity index (χ1v) is 13.5. The quantitative estimate of drug-likeness (QED) is 0.357. The Morgan fingerprint density at radius 2 is 2.03 bits per heavy atom. The van der Waals surface area contributed by atoms with E-state index in [0.717, 1.165) is 49.4 Å². The molecule has 2 aliphatic carbocycles. The van der Waals surface area contributed by atoms with Crippen LogP contribution in [0, 0.1) is 17.3 Å². The first kappa shape index (κ1) is 22.7. The van der Waals surface area contributed by atoms with Gasteiger partial charge in [-0.2, -0.15) is 13.6 Å². The van der Waals surface area contributed by atoms with Crippen LogP contribution in [0.1, 0.15) is 62.5 Å². The Hall–Kier alpha value is -1.45. The Kier molecular flexibility index (Phi) is 6.22. The van der Waals surface area contributed by atoms with Gasteiger partial charge in [-0.25, -0.2) is 0 Å². The number of imide groups is 1. The van der Waals surface area contributed by atoms with E-state index in [9.17, 15) is 18.0 Å². The summed E-state index contributed by atoms with van der Waals surface area (Å²) in [5.41, 5.74) is 1.76. The highest BCUT2D eigenvalue weighted by Crippen LogP contribution is 2.58. The van der Waals surface area contributed by atoms with Crippen molar-refractivity contribution in [2.24, 2.45) is 22.4 Å². The highest BCUT2D eigenvalue weighted by Gasteiger charge is 2.57. The Bertz CT molecular complexity index is 998. The molecule has 1 aliphatic heterocycles. The molecule has 9 heteroatoms. The van der Waals surface area contributed by atoms with Crippen LogP contribution < -0.4 is 9.32 Å². The molecule has 2 N–H and O–H groups in total. The highest BCUT2D eigenvalue weighted by atomic mass is 79.9. The van der Waals surface area contributed by atoms with Gasteiger partial charge in [0.05, 0.1) is 5.41 Å². The van der Waals surface area contributed by atoms with E-state index >= 15 is 0 Å². The first-order chi connectivity index (χ1) is 14.6. The fourth-order valence-corrected chi connectivity index (χ4v) is 6.79. The number of nitrogens with two attached hydrogens (primary N) is 1. The predicted molar refractivity (Wildman–Crippen MR) is 120 cm³/mol. The number of hydrogen-bond acceptors (Lipinski definition) is 5. The Balaban J connectivity index is 1.57. The van der Waals surface area contributed by atoms with E-state index in [1.165, 1.54) is 10.5 Å². The average Bonchev–Trinajstić information content (AvgIpc) is 2.70. The van der Waals surface area contributed by atoms with Crippen LogP contribution >= 0.6 is 15.9 Å². The molecule has 1 saturated carbocycles. The van der Waals surface area contributed by atoms with Gasteiger partial charge in [-0.3, -0.25) is 14.5 Å². The normalized spacial score (nSPS) is 30.4. The van der Waals surface area contributed by atoms with E-state index in [2.05, 4.69) is 22.9 Å². The van der Waals surface area contributed by atoms with Gasteiger partial charge in [-0.15, -0.1) is 0 Å². The minimum atomic E-state index is -4.06. The zero-order chi connectivity index (χ0) is 22.4. The summed E-state index contributed by atoms with van der Waals surface area (Å²) >= 11 is 3.41. The zero-order valence-electron chi connectivity index (χ0n) is 17.7. The monoisotopic (exact) mass is 512 g/mol. The maximum absolute atomic E-state index is 13.4. The van der Waals surface area contributed by atoms with Gasteiger partial charge in [0.25, 0.3) is 0 Å². The number of aryl methyl sites for hydroxylation is 1. The van der Waals surface area contributed by atoms with Crippen LogP contribution in [-0.4, -0.2) is 37.0 Å². The summed E-state index contributed by atoms with van der Waals surface area (Å²) in [4.78, 5) is 27.8. The fraction of sp³-hybridized carbons (Fsp3) is 0.636. The van der Waals surface area contributed by atoms with Crippen LogP contribution in [0.4, 0.5) is 0 Å². The van der Waals surface area contributed by atoms with Crippen molar-refractivity contribution >= 4 is 38.0 Å².